The first-order valence-corrected chi connectivity index (χ1v) is 9.44. The van der Waals surface area contributed by atoms with E-state index >= 15 is 0 Å². The van der Waals surface area contributed by atoms with Crippen molar-refractivity contribution in [1.29, 1.82) is 0 Å². The fraction of sp³-hybridized carbons (Fsp3) is 0.250. The molecule has 0 unspecified atom stereocenters. The Morgan fingerprint density at radius 2 is 1.61 bits per heavy atom. The van der Waals surface area contributed by atoms with Gasteiger partial charge in [-0.2, -0.15) is 0 Å². The van der Waals surface area contributed by atoms with Crippen LogP contribution in [0.4, 0.5) is 5.13 Å². The molecule has 0 fully saturated rings. The minimum atomic E-state index is -0.354. The number of hydrogen-bond donors (Lipinski definition) is 1. The van der Waals surface area contributed by atoms with Crippen LogP contribution in [-0.2, 0) is 12.8 Å². The third kappa shape index (κ3) is 4.58. The molecule has 0 atom stereocenters. The minimum absolute atomic E-state index is 0.322. The van der Waals surface area contributed by atoms with Gasteiger partial charge in [0.1, 0.15) is 27.8 Å². The molecule has 0 spiro atoms. The van der Waals surface area contributed by atoms with Gasteiger partial charge in [0.2, 0.25) is 5.13 Å². The van der Waals surface area contributed by atoms with Gasteiger partial charge in [0.25, 0.3) is 5.91 Å². The summed E-state index contributed by atoms with van der Waals surface area (Å²) in [6.07, 6.45) is 1.56. The zero-order chi connectivity index (χ0) is 19.9. The van der Waals surface area contributed by atoms with Crippen LogP contribution in [0.1, 0.15) is 20.9 Å². The highest BCUT2D eigenvalue weighted by Gasteiger charge is 2.19. The maximum Gasteiger partial charge on any atom is 0.265 e. The number of amides is 1. The van der Waals surface area contributed by atoms with Crippen LogP contribution in [-0.4, -0.2) is 37.4 Å². The van der Waals surface area contributed by atoms with Crippen molar-refractivity contribution < 1.29 is 19.0 Å². The molecule has 3 rings (SSSR count). The van der Waals surface area contributed by atoms with E-state index in [4.69, 9.17) is 14.2 Å². The van der Waals surface area contributed by atoms with Crippen LogP contribution < -0.4 is 19.5 Å². The first-order valence-electron chi connectivity index (χ1n) is 8.62. The molecule has 0 aliphatic carbocycles. The average molecular weight is 399 g/mol. The monoisotopic (exact) mass is 399 g/mol. The number of carbonyl (C=O) groups excluding carboxylic acids is 1. The number of ether oxygens (including phenoxy) is 3. The number of aryl methyl sites for hydroxylation is 2. The molecule has 2 aromatic carbocycles. The van der Waals surface area contributed by atoms with Crippen LogP contribution in [0, 0.1) is 0 Å². The summed E-state index contributed by atoms with van der Waals surface area (Å²) in [5.41, 5.74) is 1.50. The highest BCUT2D eigenvalue weighted by atomic mass is 32.1. The molecule has 7 nitrogen and oxygen atoms in total. The van der Waals surface area contributed by atoms with E-state index in [0.29, 0.717) is 22.2 Å². The van der Waals surface area contributed by atoms with Crippen LogP contribution in [0.2, 0.25) is 0 Å². The van der Waals surface area contributed by atoms with Gasteiger partial charge in [-0.05, 0) is 36.2 Å². The van der Waals surface area contributed by atoms with Gasteiger partial charge >= 0.3 is 0 Å². The lowest BCUT2D eigenvalue weighted by Gasteiger charge is -2.11. The van der Waals surface area contributed by atoms with E-state index in [-0.39, 0.29) is 5.91 Å². The second-order valence-corrected chi connectivity index (χ2v) is 6.90. The topological polar surface area (TPSA) is 82.6 Å². The van der Waals surface area contributed by atoms with Gasteiger partial charge in [0.15, 0.2) is 0 Å². The molecule has 146 valence electrons. The molecule has 1 aromatic heterocycles. The highest BCUT2D eigenvalue weighted by molar-refractivity contribution is 7.15. The Morgan fingerprint density at radius 1 is 0.929 bits per heavy atom. The highest BCUT2D eigenvalue weighted by Crippen LogP contribution is 2.29. The van der Waals surface area contributed by atoms with E-state index in [1.807, 2.05) is 24.3 Å². The van der Waals surface area contributed by atoms with Gasteiger partial charge in [0, 0.05) is 6.42 Å². The third-order valence-corrected chi connectivity index (χ3v) is 5.03. The quantitative estimate of drug-likeness (QED) is 0.623. The number of benzene rings is 2. The summed E-state index contributed by atoms with van der Waals surface area (Å²) in [5.74, 6) is 1.34. The Labute approximate surface area is 167 Å². The second kappa shape index (κ2) is 9.18. The SMILES string of the molecule is COc1ccc(CCc2nnc(NC(=O)c3c(OC)cccc3OC)s2)cc1. The third-order valence-electron chi connectivity index (χ3n) is 4.13. The van der Waals surface area contributed by atoms with Crippen LogP contribution >= 0.6 is 11.3 Å². The lowest BCUT2D eigenvalue weighted by atomic mass is 10.1. The lowest BCUT2D eigenvalue weighted by molar-refractivity contribution is 0.102. The van der Waals surface area contributed by atoms with Crippen molar-refractivity contribution in [1.82, 2.24) is 10.2 Å². The number of rotatable bonds is 8. The van der Waals surface area contributed by atoms with Crippen LogP contribution in [0.5, 0.6) is 17.2 Å². The van der Waals surface area contributed by atoms with E-state index < -0.39 is 0 Å². The van der Waals surface area contributed by atoms with Crippen molar-refractivity contribution in [3.8, 4) is 17.2 Å². The van der Waals surface area contributed by atoms with Gasteiger partial charge in [-0.25, -0.2) is 0 Å². The van der Waals surface area contributed by atoms with Crippen molar-refractivity contribution in [3.05, 3.63) is 58.6 Å². The molecule has 3 aromatic rings. The van der Waals surface area contributed by atoms with Crippen molar-refractivity contribution in [2.24, 2.45) is 0 Å². The molecule has 8 heteroatoms. The summed E-state index contributed by atoms with van der Waals surface area (Å²) in [5, 5.41) is 12.3. The molecular formula is C20H21N3O4S. The largest absolute Gasteiger partial charge is 0.497 e. The van der Waals surface area contributed by atoms with E-state index in [1.165, 1.54) is 31.1 Å². The summed E-state index contributed by atoms with van der Waals surface area (Å²) < 4.78 is 15.7. The van der Waals surface area contributed by atoms with E-state index in [0.717, 1.165) is 23.6 Å². The number of methoxy groups -OCH3 is 3. The van der Waals surface area contributed by atoms with E-state index in [9.17, 15) is 4.79 Å². The zero-order valence-electron chi connectivity index (χ0n) is 15.9. The Hall–Kier alpha value is -3.13. The van der Waals surface area contributed by atoms with Crippen molar-refractivity contribution in [2.75, 3.05) is 26.6 Å². The molecule has 0 saturated carbocycles. The number of aromatic nitrogens is 2. The van der Waals surface area contributed by atoms with E-state index in [2.05, 4.69) is 15.5 Å². The van der Waals surface area contributed by atoms with Crippen LogP contribution in [0.3, 0.4) is 0 Å². The molecule has 1 amide bonds. The second-order valence-electron chi connectivity index (χ2n) is 5.84. The number of nitrogens with zero attached hydrogens (tertiary/aromatic N) is 2. The van der Waals surface area contributed by atoms with Crippen molar-refractivity contribution >= 4 is 22.4 Å². The summed E-state index contributed by atoms with van der Waals surface area (Å²) in [6.45, 7) is 0. The molecule has 0 radical (unpaired) electrons. The van der Waals surface area contributed by atoms with Gasteiger partial charge < -0.3 is 14.2 Å². The maximum atomic E-state index is 12.7. The Bertz CT molecular complexity index is 919. The fourth-order valence-corrected chi connectivity index (χ4v) is 3.42. The molecule has 0 aliphatic rings. The summed E-state index contributed by atoms with van der Waals surface area (Å²) >= 11 is 1.35. The summed E-state index contributed by atoms with van der Waals surface area (Å²) in [7, 11) is 4.66. The number of anilines is 1. The molecule has 1 N–H and O–H groups in total. The Morgan fingerprint density at radius 3 is 2.21 bits per heavy atom. The minimum Gasteiger partial charge on any atom is -0.497 e. The maximum absolute atomic E-state index is 12.7. The zero-order valence-corrected chi connectivity index (χ0v) is 16.7. The predicted octanol–water partition coefficient (Wildman–Crippen LogP) is 3.60. The molecular weight excluding hydrogens is 378 g/mol. The lowest BCUT2D eigenvalue weighted by Crippen LogP contribution is -2.14. The molecule has 0 aliphatic heterocycles. The van der Waals surface area contributed by atoms with Gasteiger partial charge in [-0.3, -0.25) is 10.1 Å². The number of carbonyl (C=O) groups is 1. The first-order chi connectivity index (χ1) is 13.6. The average Bonchev–Trinajstić information content (AvgIpc) is 3.19. The number of nitrogens with one attached hydrogen (secondary N) is 1. The van der Waals surface area contributed by atoms with Gasteiger partial charge in [-0.15, -0.1) is 10.2 Å². The summed E-state index contributed by atoms with van der Waals surface area (Å²) in [4.78, 5) is 12.7. The normalized spacial score (nSPS) is 10.4. The summed E-state index contributed by atoms with van der Waals surface area (Å²) in [6, 6.07) is 13.1. The molecule has 0 bridgehead atoms. The Balaban J connectivity index is 1.65. The van der Waals surface area contributed by atoms with Crippen molar-refractivity contribution in [2.45, 2.75) is 12.8 Å². The molecule has 0 saturated heterocycles. The first kappa shape index (κ1) is 19.6. The smallest absolute Gasteiger partial charge is 0.265 e. The van der Waals surface area contributed by atoms with Crippen molar-refractivity contribution in [3.63, 3.8) is 0 Å². The Kier molecular flexibility index (Phi) is 6.44. The predicted molar refractivity (Wildman–Crippen MR) is 108 cm³/mol. The molecule has 1 heterocycles. The van der Waals surface area contributed by atoms with E-state index in [1.54, 1.807) is 25.3 Å². The van der Waals surface area contributed by atoms with Crippen LogP contribution in [0.25, 0.3) is 0 Å². The number of hydrogen-bond acceptors (Lipinski definition) is 7. The van der Waals surface area contributed by atoms with Crippen LogP contribution in [0.15, 0.2) is 42.5 Å². The molecule has 28 heavy (non-hydrogen) atoms. The fourth-order valence-electron chi connectivity index (χ4n) is 2.68. The van der Waals surface area contributed by atoms with Gasteiger partial charge in [0.05, 0.1) is 21.3 Å². The standard InChI is InChI=1S/C20H21N3O4S/c1-25-14-10-7-13(8-11-14)9-12-17-22-23-20(28-17)21-19(24)18-15(26-2)5-4-6-16(18)27-3/h4-8,10-11H,9,12H2,1-3H3,(H,21,23,24). The van der Waals surface area contributed by atoms with Gasteiger partial charge in [-0.1, -0.05) is 29.5 Å².